The number of nitrogens with one attached hydrogen (secondary N) is 1. The van der Waals surface area contributed by atoms with Gasteiger partial charge in [0.1, 0.15) is 0 Å². The van der Waals surface area contributed by atoms with Gasteiger partial charge >= 0.3 is 0 Å². The fourth-order valence-corrected chi connectivity index (χ4v) is 2.36. The van der Waals surface area contributed by atoms with Gasteiger partial charge in [-0.1, -0.05) is 37.3 Å². The maximum Gasteiger partial charge on any atom is 0.265 e. The number of hydrogen-bond acceptors (Lipinski definition) is 3. The van der Waals surface area contributed by atoms with Crippen molar-refractivity contribution in [2.24, 2.45) is 0 Å². The molecule has 1 N–H and O–H groups in total. The van der Waals surface area contributed by atoms with Crippen molar-refractivity contribution in [3.05, 3.63) is 53.6 Å². The van der Waals surface area contributed by atoms with E-state index in [0.717, 1.165) is 23.2 Å². The quantitative estimate of drug-likeness (QED) is 0.814. The summed E-state index contributed by atoms with van der Waals surface area (Å²) in [6, 6.07) is 13.3. The highest BCUT2D eigenvalue weighted by molar-refractivity contribution is 5.95. The lowest BCUT2D eigenvalue weighted by Gasteiger charge is -2.18. The van der Waals surface area contributed by atoms with Gasteiger partial charge in [-0.3, -0.25) is 4.79 Å². The highest BCUT2D eigenvalue weighted by Crippen LogP contribution is 2.28. The summed E-state index contributed by atoms with van der Waals surface area (Å²) in [6.45, 7) is 8.34. The van der Waals surface area contributed by atoms with Crippen LogP contribution in [0.2, 0.25) is 0 Å². The molecule has 2 aromatic rings. The number of amides is 1. The molecule has 128 valence electrons. The van der Waals surface area contributed by atoms with Gasteiger partial charge in [0.25, 0.3) is 5.91 Å². The first-order chi connectivity index (χ1) is 11.5. The zero-order chi connectivity index (χ0) is 17.5. The molecule has 0 aliphatic carbocycles. The third kappa shape index (κ3) is 4.51. The Morgan fingerprint density at radius 2 is 1.67 bits per heavy atom. The van der Waals surface area contributed by atoms with Crippen LogP contribution in [0.4, 0.5) is 5.69 Å². The van der Waals surface area contributed by atoms with E-state index in [1.165, 1.54) is 0 Å². The van der Waals surface area contributed by atoms with Crippen LogP contribution < -0.4 is 14.8 Å². The van der Waals surface area contributed by atoms with E-state index >= 15 is 0 Å². The van der Waals surface area contributed by atoms with Crippen LogP contribution in [0.5, 0.6) is 11.5 Å². The van der Waals surface area contributed by atoms with E-state index in [2.05, 4.69) is 5.32 Å². The van der Waals surface area contributed by atoms with Crippen molar-refractivity contribution < 1.29 is 14.3 Å². The predicted molar refractivity (Wildman–Crippen MR) is 96.9 cm³/mol. The Morgan fingerprint density at radius 3 is 2.29 bits per heavy atom. The second-order valence-corrected chi connectivity index (χ2v) is 5.81. The van der Waals surface area contributed by atoms with Gasteiger partial charge < -0.3 is 14.8 Å². The monoisotopic (exact) mass is 327 g/mol. The first-order valence-corrected chi connectivity index (χ1v) is 8.28. The lowest BCUT2D eigenvalue weighted by Crippen LogP contribution is -2.30. The summed E-state index contributed by atoms with van der Waals surface area (Å²) in [5.41, 5.74) is 2.90. The minimum Gasteiger partial charge on any atom is -0.490 e. The Morgan fingerprint density at radius 1 is 1.04 bits per heavy atom. The van der Waals surface area contributed by atoms with Crippen molar-refractivity contribution in [1.29, 1.82) is 0 Å². The maximum atomic E-state index is 12.5. The summed E-state index contributed by atoms with van der Waals surface area (Å²) in [6.07, 6.45) is 0.284. The van der Waals surface area contributed by atoms with E-state index < -0.39 is 6.10 Å². The molecular weight excluding hydrogens is 302 g/mol. The van der Waals surface area contributed by atoms with Crippen LogP contribution >= 0.6 is 0 Å². The summed E-state index contributed by atoms with van der Waals surface area (Å²) < 4.78 is 11.5. The van der Waals surface area contributed by atoms with Gasteiger partial charge in [0.2, 0.25) is 0 Å². The molecule has 0 radical (unpaired) electrons. The van der Waals surface area contributed by atoms with Crippen LogP contribution in [0.3, 0.4) is 0 Å². The maximum absolute atomic E-state index is 12.5. The zero-order valence-corrected chi connectivity index (χ0v) is 14.8. The summed E-state index contributed by atoms with van der Waals surface area (Å²) in [4.78, 5) is 12.5. The molecule has 0 fully saturated rings. The summed E-state index contributed by atoms with van der Waals surface area (Å²) >= 11 is 0. The van der Waals surface area contributed by atoms with Gasteiger partial charge in [-0.15, -0.1) is 0 Å². The zero-order valence-electron chi connectivity index (χ0n) is 14.8. The molecule has 24 heavy (non-hydrogen) atoms. The van der Waals surface area contributed by atoms with E-state index in [9.17, 15) is 4.79 Å². The number of carbonyl (C=O) groups is 1. The number of aryl methyl sites for hydroxylation is 2. The van der Waals surface area contributed by atoms with Crippen LogP contribution in [0.25, 0.3) is 0 Å². The number of anilines is 1. The van der Waals surface area contributed by atoms with Crippen molar-refractivity contribution in [2.45, 2.75) is 40.2 Å². The smallest absolute Gasteiger partial charge is 0.265 e. The fourth-order valence-electron chi connectivity index (χ4n) is 2.36. The minimum atomic E-state index is -0.629. The van der Waals surface area contributed by atoms with Crippen molar-refractivity contribution >= 4 is 11.6 Å². The Bertz CT molecular complexity index is 677. The molecule has 0 bridgehead atoms. The average molecular weight is 327 g/mol. The number of hydrogen-bond donors (Lipinski definition) is 1. The predicted octanol–water partition coefficient (Wildman–Crippen LogP) is 4.50. The molecule has 0 saturated carbocycles. The van der Waals surface area contributed by atoms with E-state index in [1.807, 2.05) is 63.2 Å². The largest absolute Gasteiger partial charge is 0.490 e. The summed E-state index contributed by atoms with van der Waals surface area (Å²) in [7, 11) is 0. The first kappa shape index (κ1) is 17.9. The van der Waals surface area contributed by atoms with Crippen molar-refractivity contribution in [1.82, 2.24) is 0 Å². The number of carbonyl (C=O) groups excluding carboxylic acids is 1. The SMILES string of the molecule is CCCOc1ccccc1O[C@@H](C)C(=O)Nc1c(C)cccc1C. The summed E-state index contributed by atoms with van der Waals surface area (Å²) in [5, 5.41) is 2.96. The lowest BCUT2D eigenvalue weighted by molar-refractivity contribution is -0.122. The molecule has 2 rings (SSSR count). The molecule has 0 spiro atoms. The number of para-hydroxylation sites is 3. The Kier molecular flexibility index (Phi) is 6.24. The van der Waals surface area contributed by atoms with Gasteiger partial charge in [0, 0.05) is 5.69 Å². The van der Waals surface area contributed by atoms with Gasteiger partial charge in [-0.25, -0.2) is 0 Å². The highest BCUT2D eigenvalue weighted by atomic mass is 16.5. The fraction of sp³-hybridized carbons (Fsp3) is 0.350. The molecular formula is C20H25NO3. The third-order valence-electron chi connectivity index (χ3n) is 3.71. The molecule has 4 nitrogen and oxygen atoms in total. The molecule has 1 atom stereocenters. The van der Waals surface area contributed by atoms with Gasteiger partial charge in [0.15, 0.2) is 17.6 Å². The number of benzene rings is 2. The topological polar surface area (TPSA) is 47.6 Å². The van der Waals surface area contributed by atoms with Crippen LogP contribution in [0.15, 0.2) is 42.5 Å². The Hall–Kier alpha value is -2.49. The Labute approximate surface area is 143 Å². The van der Waals surface area contributed by atoms with E-state index in [4.69, 9.17) is 9.47 Å². The van der Waals surface area contributed by atoms with E-state index in [0.29, 0.717) is 18.1 Å². The third-order valence-corrected chi connectivity index (χ3v) is 3.71. The molecule has 0 heterocycles. The van der Waals surface area contributed by atoms with E-state index in [-0.39, 0.29) is 5.91 Å². The second kappa shape index (κ2) is 8.39. The van der Waals surface area contributed by atoms with Crippen molar-refractivity contribution in [3.8, 4) is 11.5 Å². The molecule has 0 saturated heterocycles. The first-order valence-electron chi connectivity index (χ1n) is 8.28. The molecule has 1 amide bonds. The van der Waals surface area contributed by atoms with Crippen LogP contribution in [0, 0.1) is 13.8 Å². The standard InChI is InChI=1S/C20H25NO3/c1-5-13-23-17-11-6-7-12-18(17)24-16(4)20(22)21-19-14(2)9-8-10-15(19)3/h6-12,16H,5,13H2,1-4H3,(H,21,22)/t16-/m0/s1. The van der Waals surface area contributed by atoms with Crippen LogP contribution in [0.1, 0.15) is 31.4 Å². The van der Waals surface area contributed by atoms with Crippen LogP contribution in [-0.2, 0) is 4.79 Å². The highest BCUT2D eigenvalue weighted by Gasteiger charge is 2.18. The average Bonchev–Trinajstić information content (AvgIpc) is 2.57. The van der Waals surface area contributed by atoms with Gasteiger partial charge in [-0.2, -0.15) is 0 Å². The van der Waals surface area contributed by atoms with Crippen LogP contribution in [-0.4, -0.2) is 18.6 Å². The van der Waals surface area contributed by atoms with Crippen molar-refractivity contribution in [3.63, 3.8) is 0 Å². The van der Waals surface area contributed by atoms with Gasteiger partial charge in [0.05, 0.1) is 6.61 Å². The molecule has 0 aliphatic rings. The van der Waals surface area contributed by atoms with Crippen molar-refractivity contribution in [2.75, 3.05) is 11.9 Å². The number of rotatable bonds is 7. The molecule has 4 heteroatoms. The molecule has 0 aliphatic heterocycles. The lowest BCUT2D eigenvalue weighted by atomic mass is 10.1. The van der Waals surface area contributed by atoms with Gasteiger partial charge in [-0.05, 0) is 50.5 Å². The normalized spacial score (nSPS) is 11.7. The molecule has 0 aromatic heterocycles. The molecule has 2 aromatic carbocycles. The summed E-state index contributed by atoms with van der Waals surface area (Å²) in [5.74, 6) is 1.05. The molecule has 0 unspecified atom stereocenters. The minimum absolute atomic E-state index is 0.183. The van der Waals surface area contributed by atoms with E-state index in [1.54, 1.807) is 6.92 Å². The number of ether oxygens (including phenoxy) is 2. The Balaban J connectivity index is 2.07. The second-order valence-electron chi connectivity index (χ2n) is 5.81.